The first-order valence-electron chi connectivity index (χ1n) is 7.14. The molecule has 102 valence electrons. The molecular formula is C14H30N2O. The first-order chi connectivity index (χ1) is 8.13. The van der Waals surface area contributed by atoms with Gasteiger partial charge in [-0.3, -0.25) is 4.90 Å². The molecule has 0 aliphatic carbocycles. The van der Waals surface area contributed by atoms with E-state index in [1.807, 2.05) is 7.11 Å². The highest BCUT2D eigenvalue weighted by Crippen LogP contribution is 2.23. The van der Waals surface area contributed by atoms with Crippen molar-refractivity contribution in [3.63, 3.8) is 0 Å². The molecule has 0 saturated carbocycles. The Bertz CT molecular complexity index is 210. The molecule has 2 atom stereocenters. The van der Waals surface area contributed by atoms with Gasteiger partial charge in [-0.05, 0) is 45.7 Å². The van der Waals surface area contributed by atoms with Gasteiger partial charge in [0.1, 0.15) is 0 Å². The second-order valence-electron chi connectivity index (χ2n) is 5.55. The van der Waals surface area contributed by atoms with Crippen LogP contribution in [0.5, 0.6) is 0 Å². The van der Waals surface area contributed by atoms with Crippen molar-refractivity contribution in [3.05, 3.63) is 0 Å². The SMILES string of the molecule is CCCNC(CC)CN1CCCC(C)(OC)C1. The minimum absolute atomic E-state index is 0.0707. The minimum Gasteiger partial charge on any atom is -0.377 e. The fraction of sp³-hybridized carbons (Fsp3) is 1.00. The lowest BCUT2D eigenvalue weighted by Gasteiger charge is -2.40. The zero-order valence-corrected chi connectivity index (χ0v) is 12.1. The zero-order valence-electron chi connectivity index (χ0n) is 12.1. The van der Waals surface area contributed by atoms with Gasteiger partial charge in [-0.1, -0.05) is 13.8 Å². The van der Waals surface area contributed by atoms with Gasteiger partial charge < -0.3 is 10.1 Å². The Kier molecular flexibility index (Phi) is 6.45. The highest BCUT2D eigenvalue weighted by molar-refractivity contribution is 4.86. The van der Waals surface area contributed by atoms with Crippen molar-refractivity contribution in [2.75, 3.05) is 33.3 Å². The topological polar surface area (TPSA) is 24.5 Å². The fourth-order valence-corrected chi connectivity index (χ4v) is 2.63. The van der Waals surface area contributed by atoms with Crippen LogP contribution in [0.1, 0.15) is 46.5 Å². The largest absolute Gasteiger partial charge is 0.377 e. The number of methoxy groups -OCH3 is 1. The lowest BCUT2D eigenvalue weighted by atomic mass is 9.94. The molecule has 1 N–H and O–H groups in total. The quantitative estimate of drug-likeness (QED) is 0.741. The third kappa shape index (κ3) is 4.94. The summed E-state index contributed by atoms with van der Waals surface area (Å²) in [6.07, 6.45) is 4.88. The summed E-state index contributed by atoms with van der Waals surface area (Å²) in [6.45, 7) is 11.3. The minimum atomic E-state index is 0.0707. The number of rotatable bonds is 7. The van der Waals surface area contributed by atoms with Gasteiger partial charge in [-0.15, -0.1) is 0 Å². The average molecular weight is 242 g/mol. The Hall–Kier alpha value is -0.120. The van der Waals surface area contributed by atoms with Crippen molar-refractivity contribution >= 4 is 0 Å². The molecule has 1 aliphatic heterocycles. The van der Waals surface area contributed by atoms with Crippen molar-refractivity contribution in [2.45, 2.75) is 58.1 Å². The van der Waals surface area contributed by atoms with Crippen LogP contribution in [-0.2, 0) is 4.74 Å². The number of ether oxygens (including phenoxy) is 1. The summed E-state index contributed by atoms with van der Waals surface area (Å²) in [5.41, 5.74) is 0.0707. The molecule has 1 saturated heterocycles. The van der Waals surface area contributed by atoms with E-state index in [1.54, 1.807) is 0 Å². The molecular weight excluding hydrogens is 212 g/mol. The van der Waals surface area contributed by atoms with Gasteiger partial charge in [-0.25, -0.2) is 0 Å². The fourth-order valence-electron chi connectivity index (χ4n) is 2.63. The summed E-state index contributed by atoms with van der Waals surface area (Å²) in [4.78, 5) is 2.56. The van der Waals surface area contributed by atoms with E-state index < -0.39 is 0 Å². The summed E-state index contributed by atoms with van der Waals surface area (Å²) < 4.78 is 5.64. The smallest absolute Gasteiger partial charge is 0.0777 e. The number of nitrogens with zero attached hydrogens (tertiary/aromatic N) is 1. The monoisotopic (exact) mass is 242 g/mol. The van der Waals surface area contributed by atoms with E-state index in [1.165, 1.54) is 32.2 Å². The Balaban J connectivity index is 2.38. The second-order valence-corrected chi connectivity index (χ2v) is 5.55. The molecule has 0 aromatic heterocycles. The molecule has 1 rings (SSSR count). The Labute approximate surface area is 107 Å². The van der Waals surface area contributed by atoms with E-state index in [-0.39, 0.29) is 5.60 Å². The zero-order chi connectivity index (χ0) is 12.7. The number of hydrogen-bond acceptors (Lipinski definition) is 3. The van der Waals surface area contributed by atoms with Crippen molar-refractivity contribution in [2.24, 2.45) is 0 Å². The normalized spacial score (nSPS) is 28.2. The third-order valence-corrected chi connectivity index (χ3v) is 3.89. The van der Waals surface area contributed by atoms with Crippen LogP contribution in [-0.4, -0.2) is 49.8 Å². The van der Waals surface area contributed by atoms with Crippen molar-refractivity contribution in [1.82, 2.24) is 10.2 Å². The predicted octanol–water partition coefficient (Wildman–Crippen LogP) is 2.27. The van der Waals surface area contributed by atoms with Gasteiger partial charge in [0, 0.05) is 26.2 Å². The van der Waals surface area contributed by atoms with Crippen LogP contribution in [0.4, 0.5) is 0 Å². The molecule has 0 aromatic rings. The maximum Gasteiger partial charge on any atom is 0.0777 e. The van der Waals surface area contributed by atoms with Crippen molar-refractivity contribution in [1.29, 1.82) is 0 Å². The number of hydrogen-bond donors (Lipinski definition) is 1. The van der Waals surface area contributed by atoms with Crippen molar-refractivity contribution < 1.29 is 4.74 Å². The molecule has 0 bridgehead atoms. The Morgan fingerprint density at radius 1 is 1.41 bits per heavy atom. The van der Waals surface area contributed by atoms with Crippen molar-refractivity contribution in [3.8, 4) is 0 Å². The van der Waals surface area contributed by atoms with Crippen LogP contribution in [0.2, 0.25) is 0 Å². The van der Waals surface area contributed by atoms with E-state index in [0.717, 1.165) is 19.6 Å². The van der Waals surface area contributed by atoms with Gasteiger partial charge in [0.25, 0.3) is 0 Å². The van der Waals surface area contributed by atoms with Gasteiger partial charge in [0.2, 0.25) is 0 Å². The molecule has 1 fully saturated rings. The molecule has 17 heavy (non-hydrogen) atoms. The lowest BCUT2D eigenvalue weighted by molar-refractivity contribution is -0.0523. The standard InChI is InChI=1S/C14H30N2O/c1-5-9-15-13(6-2)11-16-10-7-8-14(3,12-16)17-4/h13,15H,5-12H2,1-4H3. The summed E-state index contributed by atoms with van der Waals surface area (Å²) in [6, 6.07) is 0.633. The molecule has 3 heteroatoms. The molecule has 3 nitrogen and oxygen atoms in total. The highest BCUT2D eigenvalue weighted by atomic mass is 16.5. The first kappa shape index (κ1) is 14.9. The summed E-state index contributed by atoms with van der Waals surface area (Å²) >= 11 is 0. The summed E-state index contributed by atoms with van der Waals surface area (Å²) in [5.74, 6) is 0. The van der Waals surface area contributed by atoms with Crippen LogP contribution >= 0.6 is 0 Å². The maximum atomic E-state index is 5.64. The van der Waals surface area contributed by atoms with E-state index in [0.29, 0.717) is 6.04 Å². The first-order valence-corrected chi connectivity index (χ1v) is 7.14. The van der Waals surface area contributed by atoms with E-state index in [9.17, 15) is 0 Å². The number of likely N-dealkylation sites (tertiary alicyclic amines) is 1. The van der Waals surface area contributed by atoms with Gasteiger partial charge in [0.05, 0.1) is 5.60 Å². The van der Waals surface area contributed by atoms with Crippen LogP contribution < -0.4 is 5.32 Å². The van der Waals surface area contributed by atoms with Gasteiger partial charge >= 0.3 is 0 Å². The summed E-state index contributed by atoms with van der Waals surface area (Å²) in [7, 11) is 1.84. The van der Waals surface area contributed by atoms with E-state index in [4.69, 9.17) is 4.74 Å². The van der Waals surface area contributed by atoms with Crippen LogP contribution in [0, 0.1) is 0 Å². The third-order valence-electron chi connectivity index (χ3n) is 3.89. The summed E-state index contributed by atoms with van der Waals surface area (Å²) in [5, 5.41) is 3.63. The molecule has 1 heterocycles. The molecule has 0 aromatic carbocycles. The highest BCUT2D eigenvalue weighted by Gasteiger charge is 2.31. The second kappa shape index (κ2) is 7.34. The van der Waals surface area contributed by atoms with Crippen LogP contribution in [0.15, 0.2) is 0 Å². The van der Waals surface area contributed by atoms with Crippen LogP contribution in [0.3, 0.4) is 0 Å². The van der Waals surface area contributed by atoms with Crippen LogP contribution in [0.25, 0.3) is 0 Å². The van der Waals surface area contributed by atoms with E-state index >= 15 is 0 Å². The van der Waals surface area contributed by atoms with Gasteiger partial charge in [-0.2, -0.15) is 0 Å². The molecule has 0 amide bonds. The molecule has 2 unspecified atom stereocenters. The molecule has 0 spiro atoms. The molecule has 0 radical (unpaired) electrons. The number of nitrogens with one attached hydrogen (secondary N) is 1. The number of piperidine rings is 1. The Morgan fingerprint density at radius 3 is 2.76 bits per heavy atom. The Morgan fingerprint density at radius 2 is 2.18 bits per heavy atom. The average Bonchev–Trinajstić information content (AvgIpc) is 2.34. The molecule has 1 aliphatic rings. The van der Waals surface area contributed by atoms with Gasteiger partial charge in [0.15, 0.2) is 0 Å². The van der Waals surface area contributed by atoms with E-state index in [2.05, 4.69) is 31.0 Å². The maximum absolute atomic E-state index is 5.64. The lowest BCUT2D eigenvalue weighted by Crippen LogP contribution is -2.51. The predicted molar refractivity (Wildman–Crippen MR) is 73.5 cm³/mol.